The first-order chi connectivity index (χ1) is 6.81. The average molecular weight is 188 g/mol. The van der Waals surface area contributed by atoms with Gasteiger partial charge in [0.15, 0.2) is 5.78 Å². The Morgan fingerprint density at radius 2 is 2.21 bits per heavy atom. The Balaban J connectivity index is 2.51. The summed E-state index contributed by atoms with van der Waals surface area (Å²) in [5.41, 5.74) is 1.77. The van der Waals surface area contributed by atoms with Crippen molar-refractivity contribution in [2.24, 2.45) is 0 Å². The molecule has 2 rings (SSSR count). The maximum atomic E-state index is 11.7. The summed E-state index contributed by atoms with van der Waals surface area (Å²) in [6.07, 6.45) is 5.46. The standard InChI is InChI=1S/C12H12O2/c1-14-10-7-6-9-4-2-3-5-12(13)11(9)8-10/h2,4,6-8H,3,5H2,1H3. The van der Waals surface area contributed by atoms with E-state index in [4.69, 9.17) is 4.74 Å². The maximum Gasteiger partial charge on any atom is 0.163 e. The van der Waals surface area contributed by atoms with Crippen LogP contribution in [-0.2, 0) is 0 Å². The number of benzene rings is 1. The van der Waals surface area contributed by atoms with Crippen LogP contribution in [0.15, 0.2) is 24.3 Å². The summed E-state index contributed by atoms with van der Waals surface area (Å²) in [7, 11) is 1.61. The molecule has 1 aromatic carbocycles. The molecular formula is C12H12O2. The van der Waals surface area contributed by atoms with Gasteiger partial charge in [-0.25, -0.2) is 0 Å². The predicted molar refractivity (Wildman–Crippen MR) is 55.6 cm³/mol. The number of carbonyl (C=O) groups is 1. The van der Waals surface area contributed by atoms with Crippen molar-refractivity contribution in [3.05, 3.63) is 35.4 Å². The van der Waals surface area contributed by atoms with Gasteiger partial charge in [0.25, 0.3) is 0 Å². The SMILES string of the molecule is COc1ccc2c(c1)C(=O)CCC=C2. The van der Waals surface area contributed by atoms with Crippen LogP contribution < -0.4 is 4.74 Å². The molecule has 1 aliphatic rings. The second-order valence-electron chi connectivity index (χ2n) is 3.32. The van der Waals surface area contributed by atoms with Crippen molar-refractivity contribution in [1.29, 1.82) is 0 Å². The average Bonchev–Trinajstić information content (AvgIpc) is 2.40. The largest absolute Gasteiger partial charge is 0.497 e. The second-order valence-corrected chi connectivity index (χ2v) is 3.32. The fourth-order valence-electron chi connectivity index (χ4n) is 1.61. The van der Waals surface area contributed by atoms with E-state index in [1.165, 1.54) is 0 Å². The number of fused-ring (bicyclic) bond motifs is 1. The van der Waals surface area contributed by atoms with Crippen LogP contribution >= 0.6 is 0 Å². The molecule has 0 aliphatic heterocycles. The number of carbonyl (C=O) groups excluding carboxylic acids is 1. The van der Waals surface area contributed by atoms with Crippen molar-refractivity contribution in [1.82, 2.24) is 0 Å². The summed E-state index contributed by atoms with van der Waals surface area (Å²) in [5.74, 6) is 0.941. The summed E-state index contributed by atoms with van der Waals surface area (Å²) in [6.45, 7) is 0. The highest BCUT2D eigenvalue weighted by molar-refractivity contribution is 6.00. The molecule has 0 fully saturated rings. The minimum absolute atomic E-state index is 0.198. The normalized spacial score (nSPS) is 14.8. The molecule has 0 aromatic heterocycles. The van der Waals surface area contributed by atoms with E-state index < -0.39 is 0 Å². The van der Waals surface area contributed by atoms with E-state index in [2.05, 4.69) is 0 Å². The highest BCUT2D eigenvalue weighted by Gasteiger charge is 2.12. The van der Waals surface area contributed by atoms with Gasteiger partial charge in [-0.2, -0.15) is 0 Å². The van der Waals surface area contributed by atoms with Crippen LogP contribution in [0.1, 0.15) is 28.8 Å². The molecule has 1 aliphatic carbocycles. The summed E-state index contributed by atoms with van der Waals surface area (Å²) in [4.78, 5) is 11.7. The second kappa shape index (κ2) is 3.66. The Hall–Kier alpha value is -1.57. The molecule has 0 atom stereocenters. The summed E-state index contributed by atoms with van der Waals surface area (Å²) < 4.78 is 5.09. The van der Waals surface area contributed by atoms with Crippen molar-refractivity contribution >= 4 is 11.9 Å². The quantitative estimate of drug-likeness (QED) is 0.677. The number of Topliss-reactive ketones (excluding diaryl/α,β-unsaturated/α-hetero) is 1. The van der Waals surface area contributed by atoms with E-state index in [-0.39, 0.29) is 5.78 Å². The summed E-state index contributed by atoms with van der Waals surface area (Å²) in [6, 6.07) is 5.61. The molecule has 0 spiro atoms. The Morgan fingerprint density at radius 3 is 3.00 bits per heavy atom. The zero-order valence-electron chi connectivity index (χ0n) is 8.12. The fraction of sp³-hybridized carbons (Fsp3) is 0.250. The molecule has 0 saturated heterocycles. The fourth-order valence-corrected chi connectivity index (χ4v) is 1.61. The molecular weight excluding hydrogens is 176 g/mol. The number of ether oxygens (including phenoxy) is 1. The minimum Gasteiger partial charge on any atom is -0.497 e. The summed E-state index contributed by atoms with van der Waals surface area (Å²) >= 11 is 0. The van der Waals surface area contributed by atoms with Crippen LogP contribution in [0.5, 0.6) is 5.75 Å². The van der Waals surface area contributed by atoms with Gasteiger partial charge in [-0.15, -0.1) is 0 Å². The molecule has 0 saturated carbocycles. The first-order valence-electron chi connectivity index (χ1n) is 4.69. The molecule has 0 unspecified atom stereocenters. The minimum atomic E-state index is 0.198. The lowest BCUT2D eigenvalue weighted by molar-refractivity contribution is 0.0984. The van der Waals surface area contributed by atoms with Gasteiger partial charge in [-0.3, -0.25) is 4.79 Å². The first kappa shape index (κ1) is 9.00. The third kappa shape index (κ3) is 1.55. The molecule has 0 amide bonds. The van der Waals surface area contributed by atoms with Crippen LogP contribution in [0.2, 0.25) is 0 Å². The summed E-state index contributed by atoms with van der Waals surface area (Å²) in [5, 5.41) is 0. The Bertz CT molecular complexity index is 391. The van der Waals surface area contributed by atoms with Gasteiger partial charge in [0.2, 0.25) is 0 Å². The third-order valence-corrected chi connectivity index (χ3v) is 2.40. The van der Waals surface area contributed by atoms with E-state index in [1.807, 2.05) is 30.4 Å². The Labute approximate surface area is 83.2 Å². The number of methoxy groups -OCH3 is 1. The van der Waals surface area contributed by atoms with Crippen LogP contribution in [0.4, 0.5) is 0 Å². The number of rotatable bonds is 1. The molecule has 2 nitrogen and oxygen atoms in total. The van der Waals surface area contributed by atoms with Gasteiger partial charge >= 0.3 is 0 Å². The zero-order chi connectivity index (χ0) is 9.97. The molecule has 14 heavy (non-hydrogen) atoms. The number of hydrogen-bond acceptors (Lipinski definition) is 2. The lowest BCUT2D eigenvalue weighted by atomic mass is 10.0. The highest BCUT2D eigenvalue weighted by Crippen LogP contribution is 2.23. The van der Waals surface area contributed by atoms with E-state index in [0.29, 0.717) is 6.42 Å². The van der Waals surface area contributed by atoms with Crippen molar-refractivity contribution in [2.45, 2.75) is 12.8 Å². The lowest BCUT2D eigenvalue weighted by Gasteiger charge is -2.05. The highest BCUT2D eigenvalue weighted by atomic mass is 16.5. The lowest BCUT2D eigenvalue weighted by Crippen LogP contribution is -1.99. The van der Waals surface area contributed by atoms with Gasteiger partial charge in [0.1, 0.15) is 5.75 Å². The van der Waals surface area contributed by atoms with E-state index >= 15 is 0 Å². The predicted octanol–water partition coefficient (Wildman–Crippen LogP) is 2.68. The van der Waals surface area contributed by atoms with E-state index in [1.54, 1.807) is 7.11 Å². The molecule has 0 N–H and O–H groups in total. The zero-order valence-corrected chi connectivity index (χ0v) is 8.12. The topological polar surface area (TPSA) is 26.3 Å². The molecule has 0 bridgehead atoms. The number of ketones is 1. The monoisotopic (exact) mass is 188 g/mol. The molecule has 0 heterocycles. The molecule has 1 aromatic rings. The number of allylic oxidation sites excluding steroid dienone is 1. The van der Waals surface area contributed by atoms with Gasteiger partial charge in [-0.1, -0.05) is 18.2 Å². The van der Waals surface area contributed by atoms with Gasteiger partial charge in [0, 0.05) is 12.0 Å². The third-order valence-electron chi connectivity index (χ3n) is 2.40. The molecule has 72 valence electrons. The maximum absolute atomic E-state index is 11.7. The molecule has 0 radical (unpaired) electrons. The van der Waals surface area contributed by atoms with Crippen LogP contribution in [0, 0.1) is 0 Å². The van der Waals surface area contributed by atoms with Crippen LogP contribution in [0.3, 0.4) is 0 Å². The van der Waals surface area contributed by atoms with Gasteiger partial charge in [-0.05, 0) is 24.1 Å². The van der Waals surface area contributed by atoms with Crippen molar-refractivity contribution in [2.75, 3.05) is 7.11 Å². The van der Waals surface area contributed by atoms with Gasteiger partial charge in [0.05, 0.1) is 7.11 Å². The van der Waals surface area contributed by atoms with E-state index in [0.717, 1.165) is 23.3 Å². The smallest absolute Gasteiger partial charge is 0.163 e. The van der Waals surface area contributed by atoms with Crippen molar-refractivity contribution in [3.8, 4) is 5.75 Å². The number of hydrogen-bond donors (Lipinski definition) is 0. The molecule has 2 heteroatoms. The van der Waals surface area contributed by atoms with Crippen molar-refractivity contribution < 1.29 is 9.53 Å². The van der Waals surface area contributed by atoms with E-state index in [9.17, 15) is 4.79 Å². The van der Waals surface area contributed by atoms with Gasteiger partial charge < -0.3 is 4.74 Å². The van der Waals surface area contributed by atoms with Crippen LogP contribution in [-0.4, -0.2) is 12.9 Å². The Morgan fingerprint density at radius 1 is 1.36 bits per heavy atom. The van der Waals surface area contributed by atoms with Crippen molar-refractivity contribution in [3.63, 3.8) is 0 Å². The first-order valence-corrected chi connectivity index (χ1v) is 4.69. The van der Waals surface area contributed by atoms with Crippen LogP contribution in [0.25, 0.3) is 6.08 Å². The Kier molecular flexibility index (Phi) is 2.35.